The van der Waals surface area contributed by atoms with E-state index in [1.807, 2.05) is 4.90 Å². The van der Waals surface area contributed by atoms with Crippen molar-refractivity contribution in [1.82, 2.24) is 25.8 Å². The molecular formula is C75H133N5O43. The normalized spacial score (nSPS) is 38.2. The molecule has 0 saturated carbocycles. The molecule has 35 atom stereocenters. The molecule has 123 heavy (non-hydrogen) atoms. The van der Waals surface area contributed by atoms with Gasteiger partial charge in [0.25, 0.3) is 0 Å². The van der Waals surface area contributed by atoms with Gasteiger partial charge in [0.15, 0.2) is 44.0 Å². The monoisotopic (exact) mass is 1790 g/mol. The summed E-state index contributed by atoms with van der Waals surface area (Å²) in [6.45, 7) is -4.38. The smallest absolute Gasteiger partial charge is 0.234 e. The zero-order valence-electron chi connectivity index (χ0n) is 68.6. The second-order valence-corrected chi connectivity index (χ2v) is 31.6. The van der Waals surface area contributed by atoms with Crippen LogP contribution >= 0.6 is 0 Å². The molecule has 0 aromatic heterocycles. The minimum Gasteiger partial charge on any atom is -0.394 e. The highest BCUT2D eigenvalue weighted by Crippen LogP contribution is 2.35. The lowest BCUT2D eigenvalue weighted by Gasteiger charge is -2.46. The molecule has 7 rings (SSSR count). The van der Waals surface area contributed by atoms with Crippen molar-refractivity contribution in [3.8, 4) is 0 Å². The topological polar surface area (TPSA) is 743 Å². The average Bonchev–Trinajstić information content (AvgIpc) is 0.758. The lowest BCUT2D eigenvalue weighted by atomic mass is 9.96. The lowest BCUT2D eigenvalue weighted by Crippen LogP contribution is -2.65. The van der Waals surface area contributed by atoms with Gasteiger partial charge in [0.05, 0.1) is 85.7 Å². The minimum absolute atomic E-state index is 0.00996. The highest BCUT2D eigenvalue weighted by atomic mass is 16.8. The molecule has 0 bridgehead atoms. The summed E-state index contributed by atoms with van der Waals surface area (Å²) in [4.78, 5) is 68.2. The number of carbonyl (C=O) groups is 5. The fraction of sp³-hybridized carbons (Fsp3) is 0.933. The summed E-state index contributed by atoms with van der Waals surface area (Å²) >= 11 is 0. The van der Waals surface area contributed by atoms with Crippen LogP contribution in [0, 0.1) is 0 Å². The van der Waals surface area contributed by atoms with Crippen molar-refractivity contribution in [2.24, 2.45) is 0 Å². The molecule has 716 valence electrons. The molecule has 48 nitrogen and oxygen atoms in total. The van der Waals surface area contributed by atoms with Gasteiger partial charge in [0.2, 0.25) is 17.7 Å². The van der Waals surface area contributed by atoms with E-state index in [1.165, 1.54) is 4.90 Å². The molecule has 7 saturated heterocycles. The number of unbranched alkanes of at least 4 members (excludes halogenated alkanes) is 7. The molecule has 0 spiro atoms. The van der Waals surface area contributed by atoms with E-state index < -0.39 is 279 Å². The molecule has 0 aliphatic carbocycles. The standard InChI is InChI=1S/C75H133N5O43/c1-2-36(86)14-7-5-10-18-77-46(89)27-80(28-47(90)78-19-11-6-8-15-37(87)16-13-23-110-72-65(108)67(122-74-63(106)58(101)51(94)41(32-84)118-74)53(96)43(120-72)34-113-70-61(104)56(99)49(92)39(30-82)116-70)26-45(88)76-17-9-3-4-12-20-79(21-24-111-69-60(103)55(98)48(91)38(29-81)115-69)22-25-112-73-66(109)68(123-75-64(107)59(102)52(95)42(33-85)119-75)54(97)44(121-73)35-114-71-62(105)57(100)50(93)40(31-83)117-71/h38-44,48-75,81-85,91-109H,2-35H2,1H3,(H,76,88)(H,77,89)(H,78,90)/t38-,39-,40-,41-,42-,43-,44-,48-,49-,50-,51-,52-,53-,54-,55+,56+,57+,58+,59+,60+,61+,62+,63+,64+,65+,66+,67+,68+,69+,70+,71+,72-,73+,74-,75-/m1/s1. The summed E-state index contributed by atoms with van der Waals surface area (Å²) in [5, 5.41) is 260. The van der Waals surface area contributed by atoms with Crippen LogP contribution in [0.2, 0.25) is 0 Å². The highest BCUT2D eigenvalue weighted by molar-refractivity contribution is 5.84. The first-order chi connectivity index (χ1) is 58.7. The Hall–Kier alpha value is -3.85. The summed E-state index contributed by atoms with van der Waals surface area (Å²) in [5.74, 6) is -1.52. The zero-order chi connectivity index (χ0) is 90.3. The molecule has 0 aromatic rings. The zero-order valence-corrected chi connectivity index (χ0v) is 68.6. The predicted molar refractivity (Wildman–Crippen MR) is 407 cm³/mol. The maximum atomic E-state index is 13.5. The van der Waals surface area contributed by atoms with Crippen LogP contribution < -0.4 is 16.0 Å². The Morgan fingerprint density at radius 2 is 0.561 bits per heavy atom. The number of Topliss-reactive ketones (excluding diaryl/α,β-unsaturated/α-hetero) is 2. The molecule has 0 unspecified atom stereocenters. The SMILES string of the molecule is CCC(=O)CCCCCNC(=O)CN(CC(=O)NCCCCCCN(CCO[C@H]1O[C@H](CO)[C@@H](O)[C@H](O)[C@@H]1O)CCO[C@H]1O[C@H](CO[C@H]2O[C@H](CO)[C@@H](O)[C@H](O)[C@@H]2O)[C@@H](O)[C@H](O[C@H]2O[C@H](CO)[C@@H](O)[C@H](O)[C@@H]2O)[C@@H]1O)CC(=O)NCCCCCC(=O)CCCO[C@@H]1O[C@H](CO[C@H]2O[C@H](CO)[C@@H](O)[C@H](O)[C@@H]2O)[C@@H](O)[C@H](O[C@H]2O[C@H](CO)[C@@H](O)[C@H](O)[C@@H]2O)[C@@H]1O. The van der Waals surface area contributed by atoms with Gasteiger partial charge < -0.3 is 205 Å². The van der Waals surface area contributed by atoms with Crippen LogP contribution in [0.1, 0.15) is 103 Å². The van der Waals surface area contributed by atoms with Gasteiger partial charge in [-0.25, -0.2) is 0 Å². The van der Waals surface area contributed by atoms with Gasteiger partial charge in [0, 0.05) is 58.4 Å². The van der Waals surface area contributed by atoms with Crippen molar-refractivity contribution < 1.29 is 213 Å². The first kappa shape index (κ1) is 106. The van der Waals surface area contributed by atoms with Gasteiger partial charge in [-0.1, -0.05) is 32.6 Å². The first-order valence-corrected chi connectivity index (χ1v) is 42.0. The Labute approximate surface area is 708 Å². The van der Waals surface area contributed by atoms with Crippen LogP contribution in [0.5, 0.6) is 0 Å². The van der Waals surface area contributed by atoms with E-state index in [4.69, 9.17) is 66.3 Å². The molecule has 27 N–H and O–H groups in total. The Morgan fingerprint density at radius 1 is 0.276 bits per heavy atom. The molecule has 3 amide bonds. The Kier molecular flexibility index (Phi) is 46.7. The highest BCUT2D eigenvalue weighted by Gasteiger charge is 2.55. The third-order valence-electron chi connectivity index (χ3n) is 22.3. The van der Waals surface area contributed by atoms with Gasteiger partial charge in [0.1, 0.15) is 182 Å². The van der Waals surface area contributed by atoms with Crippen molar-refractivity contribution >= 4 is 29.3 Å². The fourth-order valence-corrected chi connectivity index (χ4v) is 14.7. The van der Waals surface area contributed by atoms with Gasteiger partial charge >= 0.3 is 0 Å². The number of aliphatic hydroxyl groups is 24. The predicted octanol–water partition coefficient (Wildman–Crippen LogP) is -14.3. The number of nitrogens with zero attached hydrogens (tertiary/aromatic N) is 2. The van der Waals surface area contributed by atoms with E-state index in [1.54, 1.807) is 6.92 Å². The van der Waals surface area contributed by atoms with Crippen molar-refractivity contribution in [1.29, 1.82) is 0 Å². The second-order valence-electron chi connectivity index (χ2n) is 31.6. The number of ketones is 2. The number of hydrogen-bond acceptors (Lipinski definition) is 45. The summed E-state index contributed by atoms with van der Waals surface area (Å²) in [7, 11) is 0. The largest absolute Gasteiger partial charge is 0.394 e. The van der Waals surface area contributed by atoms with E-state index >= 15 is 0 Å². The van der Waals surface area contributed by atoms with Gasteiger partial charge in [-0.3, -0.25) is 33.8 Å². The van der Waals surface area contributed by atoms with Gasteiger partial charge in [-0.05, 0) is 51.5 Å². The second kappa shape index (κ2) is 54.1. The number of rotatable bonds is 54. The van der Waals surface area contributed by atoms with Gasteiger partial charge in [-0.15, -0.1) is 0 Å². The third-order valence-corrected chi connectivity index (χ3v) is 22.3. The lowest BCUT2D eigenvalue weighted by molar-refractivity contribution is -0.366. The van der Waals surface area contributed by atoms with Crippen molar-refractivity contribution in [3.63, 3.8) is 0 Å². The number of hydrogen-bond donors (Lipinski definition) is 27. The van der Waals surface area contributed by atoms with E-state index in [-0.39, 0.29) is 103 Å². The van der Waals surface area contributed by atoms with E-state index in [0.29, 0.717) is 83.6 Å². The van der Waals surface area contributed by atoms with Crippen LogP contribution in [0.25, 0.3) is 0 Å². The van der Waals surface area contributed by atoms with Crippen LogP contribution in [0.4, 0.5) is 0 Å². The maximum absolute atomic E-state index is 13.5. The van der Waals surface area contributed by atoms with E-state index in [9.17, 15) is 147 Å². The summed E-state index contributed by atoms with van der Waals surface area (Å²) in [6.07, 6.45) is -54.5. The number of carbonyl (C=O) groups excluding carboxylic acids is 5. The van der Waals surface area contributed by atoms with Crippen LogP contribution in [-0.2, 0) is 90.3 Å². The number of amides is 3. The molecule has 7 fully saturated rings. The van der Waals surface area contributed by atoms with Gasteiger partial charge in [-0.2, -0.15) is 0 Å². The van der Waals surface area contributed by atoms with Crippen molar-refractivity contribution in [2.75, 3.05) is 125 Å². The summed E-state index contributed by atoms with van der Waals surface area (Å²) in [5.41, 5.74) is 0. The molecule has 48 heteroatoms. The molecule has 7 heterocycles. The fourth-order valence-electron chi connectivity index (χ4n) is 14.7. The maximum Gasteiger partial charge on any atom is 0.234 e. The minimum atomic E-state index is -2.01. The van der Waals surface area contributed by atoms with E-state index in [2.05, 4.69) is 16.0 Å². The Balaban J connectivity index is 0.877. The Morgan fingerprint density at radius 3 is 0.911 bits per heavy atom. The first-order valence-electron chi connectivity index (χ1n) is 42.0. The van der Waals surface area contributed by atoms with Crippen LogP contribution in [0.3, 0.4) is 0 Å². The third kappa shape index (κ3) is 31.4. The van der Waals surface area contributed by atoms with Crippen LogP contribution in [-0.4, -0.2) is 502 Å². The number of aliphatic hydroxyl groups excluding tert-OH is 24. The molecule has 7 aliphatic heterocycles. The van der Waals surface area contributed by atoms with Crippen molar-refractivity contribution in [2.45, 2.75) is 318 Å². The number of nitrogens with one attached hydrogen (secondary N) is 3. The Bertz CT molecular complexity index is 3020. The average molecular weight is 1790 g/mol. The van der Waals surface area contributed by atoms with Crippen LogP contribution in [0.15, 0.2) is 0 Å². The molecular weight excluding hydrogens is 1660 g/mol. The summed E-state index contributed by atoms with van der Waals surface area (Å²) in [6, 6.07) is 0. The van der Waals surface area contributed by atoms with E-state index in [0.717, 1.165) is 0 Å². The molecule has 0 radical (unpaired) electrons. The quantitative estimate of drug-likeness (QED) is 0.0251. The summed E-state index contributed by atoms with van der Waals surface area (Å²) < 4.78 is 79.4. The molecule has 0 aromatic carbocycles. The molecule has 7 aliphatic rings. The van der Waals surface area contributed by atoms with Crippen molar-refractivity contribution in [3.05, 3.63) is 0 Å². The number of ether oxygens (including phenoxy) is 14.